The number of nitrogens with zero attached hydrogens (tertiary/aromatic N) is 1. The van der Waals surface area contributed by atoms with Crippen molar-refractivity contribution in [2.24, 2.45) is 0 Å². The molecule has 4 aromatic rings. The first-order valence-corrected chi connectivity index (χ1v) is 9.19. The molecule has 0 aliphatic rings. The quantitative estimate of drug-likeness (QED) is 0.513. The van der Waals surface area contributed by atoms with E-state index in [4.69, 9.17) is 9.15 Å². The van der Waals surface area contributed by atoms with Crippen molar-refractivity contribution >= 4 is 22.7 Å². The molecule has 4 rings (SSSR count). The molecule has 0 aliphatic heterocycles. The standard InChI is InChI=1S/C23H20N2O3/c1-2-27-19-11-8-17(9-12-19)23(26)24-18-10-13-21-20(15-18)25-22(28-21)14-16-6-4-3-5-7-16/h3-13,15H,2,14H2,1H3,(H,24,26). The van der Waals surface area contributed by atoms with Crippen molar-refractivity contribution in [1.82, 2.24) is 4.98 Å². The number of hydrogen-bond donors (Lipinski definition) is 1. The average Bonchev–Trinajstić information content (AvgIpc) is 3.11. The molecule has 0 fully saturated rings. The lowest BCUT2D eigenvalue weighted by atomic mass is 10.1. The summed E-state index contributed by atoms with van der Waals surface area (Å²) in [4.78, 5) is 17.0. The Hall–Kier alpha value is -3.60. The minimum atomic E-state index is -0.185. The number of oxazole rings is 1. The Morgan fingerprint density at radius 2 is 1.82 bits per heavy atom. The van der Waals surface area contributed by atoms with Crippen LogP contribution in [0.3, 0.4) is 0 Å². The molecule has 1 N–H and O–H groups in total. The van der Waals surface area contributed by atoms with Gasteiger partial charge in [0.15, 0.2) is 11.5 Å². The number of hydrogen-bond acceptors (Lipinski definition) is 4. The molecule has 0 unspecified atom stereocenters. The lowest BCUT2D eigenvalue weighted by Gasteiger charge is -2.06. The average molecular weight is 372 g/mol. The molecule has 0 atom stereocenters. The maximum Gasteiger partial charge on any atom is 0.255 e. The molecule has 1 heterocycles. The third-order valence-corrected chi connectivity index (χ3v) is 4.32. The third kappa shape index (κ3) is 4.04. The summed E-state index contributed by atoms with van der Waals surface area (Å²) in [6.07, 6.45) is 0.628. The summed E-state index contributed by atoms with van der Waals surface area (Å²) in [6.45, 7) is 2.52. The first-order valence-electron chi connectivity index (χ1n) is 9.19. The Morgan fingerprint density at radius 3 is 2.57 bits per heavy atom. The first-order chi connectivity index (χ1) is 13.7. The van der Waals surface area contributed by atoms with E-state index in [0.717, 1.165) is 16.8 Å². The largest absolute Gasteiger partial charge is 0.494 e. The highest BCUT2D eigenvalue weighted by atomic mass is 16.5. The fourth-order valence-electron chi connectivity index (χ4n) is 2.97. The van der Waals surface area contributed by atoms with Gasteiger partial charge in [-0.2, -0.15) is 0 Å². The molecule has 5 nitrogen and oxygen atoms in total. The number of rotatable bonds is 6. The van der Waals surface area contributed by atoms with E-state index in [-0.39, 0.29) is 5.91 Å². The van der Waals surface area contributed by atoms with Crippen LogP contribution in [0.2, 0.25) is 0 Å². The highest BCUT2D eigenvalue weighted by Gasteiger charge is 2.10. The van der Waals surface area contributed by atoms with Crippen LogP contribution in [0.1, 0.15) is 28.7 Å². The van der Waals surface area contributed by atoms with Crippen LogP contribution in [0.5, 0.6) is 5.75 Å². The lowest BCUT2D eigenvalue weighted by Crippen LogP contribution is -2.11. The number of aromatic nitrogens is 1. The number of anilines is 1. The topological polar surface area (TPSA) is 64.4 Å². The van der Waals surface area contributed by atoms with Gasteiger partial charge in [0.25, 0.3) is 5.91 Å². The zero-order valence-electron chi connectivity index (χ0n) is 15.5. The SMILES string of the molecule is CCOc1ccc(C(=O)Nc2ccc3oc(Cc4ccccc4)nc3c2)cc1. The highest BCUT2D eigenvalue weighted by Crippen LogP contribution is 2.22. The van der Waals surface area contributed by atoms with E-state index in [1.807, 2.05) is 55.5 Å². The van der Waals surface area contributed by atoms with E-state index in [1.54, 1.807) is 24.3 Å². The first kappa shape index (κ1) is 17.8. The van der Waals surface area contributed by atoms with E-state index in [9.17, 15) is 4.79 Å². The van der Waals surface area contributed by atoms with Gasteiger partial charge in [-0.3, -0.25) is 4.79 Å². The monoisotopic (exact) mass is 372 g/mol. The number of benzene rings is 3. The number of carbonyl (C=O) groups is 1. The Bertz CT molecular complexity index is 1090. The van der Waals surface area contributed by atoms with Crippen LogP contribution in [0.4, 0.5) is 5.69 Å². The second-order valence-corrected chi connectivity index (χ2v) is 6.36. The van der Waals surface area contributed by atoms with Crippen molar-refractivity contribution in [3.63, 3.8) is 0 Å². The molecule has 0 aliphatic carbocycles. The van der Waals surface area contributed by atoms with Gasteiger partial charge in [-0.15, -0.1) is 0 Å². The minimum absolute atomic E-state index is 0.185. The minimum Gasteiger partial charge on any atom is -0.494 e. The Labute approximate surface area is 163 Å². The summed E-state index contributed by atoms with van der Waals surface area (Å²) in [7, 11) is 0. The van der Waals surface area contributed by atoms with Crippen molar-refractivity contribution in [3.8, 4) is 5.75 Å². The van der Waals surface area contributed by atoms with Gasteiger partial charge in [0.1, 0.15) is 11.3 Å². The van der Waals surface area contributed by atoms with Gasteiger partial charge in [0.2, 0.25) is 0 Å². The van der Waals surface area contributed by atoms with Gasteiger partial charge in [0.05, 0.1) is 6.61 Å². The Kier molecular flexibility index (Phi) is 5.06. The molecule has 140 valence electrons. The summed E-state index contributed by atoms with van der Waals surface area (Å²) < 4.78 is 11.2. The van der Waals surface area contributed by atoms with E-state index in [1.165, 1.54) is 0 Å². The summed E-state index contributed by atoms with van der Waals surface area (Å²) >= 11 is 0. The number of carbonyl (C=O) groups excluding carboxylic acids is 1. The number of nitrogens with one attached hydrogen (secondary N) is 1. The van der Waals surface area contributed by atoms with Crippen LogP contribution in [0, 0.1) is 0 Å². The van der Waals surface area contributed by atoms with Crippen LogP contribution in [0.25, 0.3) is 11.1 Å². The van der Waals surface area contributed by atoms with Crippen LogP contribution in [-0.4, -0.2) is 17.5 Å². The Balaban J connectivity index is 1.48. The fraction of sp³-hybridized carbons (Fsp3) is 0.130. The maximum absolute atomic E-state index is 12.5. The molecule has 0 saturated heterocycles. The smallest absolute Gasteiger partial charge is 0.255 e. The zero-order chi connectivity index (χ0) is 19.3. The van der Waals surface area contributed by atoms with E-state index in [0.29, 0.717) is 35.8 Å². The van der Waals surface area contributed by atoms with Gasteiger partial charge in [-0.1, -0.05) is 30.3 Å². The molecular weight excluding hydrogens is 352 g/mol. The third-order valence-electron chi connectivity index (χ3n) is 4.32. The van der Waals surface area contributed by atoms with Gasteiger partial charge in [-0.05, 0) is 55.0 Å². The van der Waals surface area contributed by atoms with E-state index in [2.05, 4.69) is 10.3 Å². The normalized spacial score (nSPS) is 10.8. The van der Waals surface area contributed by atoms with E-state index >= 15 is 0 Å². The number of amides is 1. The highest BCUT2D eigenvalue weighted by molar-refractivity contribution is 6.04. The molecule has 1 aromatic heterocycles. The summed E-state index contributed by atoms with van der Waals surface area (Å²) in [5.41, 5.74) is 3.79. The molecule has 3 aromatic carbocycles. The zero-order valence-corrected chi connectivity index (χ0v) is 15.5. The molecule has 28 heavy (non-hydrogen) atoms. The van der Waals surface area contributed by atoms with Crippen molar-refractivity contribution in [2.75, 3.05) is 11.9 Å². The fourth-order valence-corrected chi connectivity index (χ4v) is 2.97. The maximum atomic E-state index is 12.5. The second kappa shape index (κ2) is 7.96. The Morgan fingerprint density at radius 1 is 1.04 bits per heavy atom. The summed E-state index contributed by atoms with van der Waals surface area (Å²) in [5.74, 6) is 1.21. The molecule has 0 saturated carbocycles. The second-order valence-electron chi connectivity index (χ2n) is 6.36. The van der Waals surface area contributed by atoms with Gasteiger partial charge < -0.3 is 14.5 Å². The number of ether oxygens (including phenoxy) is 1. The van der Waals surface area contributed by atoms with Crippen LogP contribution in [-0.2, 0) is 6.42 Å². The predicted molar refractivity (Wildman–Crippen MR) is 109 cm³/mol. The van der Waals surface area contributed by atoms with Crippen molar-refractivity contribution in [2.45, 2.75) is 13.3 Å². The van der Waals surface area contributed by atoms with Crippen LogP contribution in [0.15, 0.2) is 77.2 Å². The van der Waals surface area contributed by atoms with Gasteiger partial charge in [-0.25, -0.2) is 4.98 Å². The predicted octanol–water partition coefficient (Wildman–Crippen LogP) is 5.07. The van der Waals surface area contributed by atoms with Crippen molar-refractivity contribution < 1.29 is 13.9 Å². The molecule has 0 spiro atoms. The van der Waals surface area contributed by atoms with Crippen molar-refractivity contribution in [3.05, 3.63) is 89.8 Å². The lowest BCUT2D eigenvalue weighted by molar-refractivity contribution is 0.102. The molecule has 1 amide bonds. The molecular formula is C23H20N2O3. The van der Waals surface area contributed by atoms with Gasteiger partial charge in [0, 0.05) is 17.7 Å². The summed E-state index contributed by atoms with van der Waals surface area (Å²) in [5, 5.41) is 2.90. The van der Waals surface area contributed by atoms with Crippen molar-refractivity contribution in [1.29, 1.82) is 0 Å². The number of fused-ring (bicyclic) bond motifs is 1. The van der Waals surface area contributed by atoms with Gasteiger partial charge >= 0.3 is 0 Å². The molecule has 0 radical (unpaired) electrons. The molecule has 5 heteroatoms. The molecule has 0 bridgehead atoms. The van der Waals surface area contributed by atoms with Crippen LogP contribution < -0.4 is 10.1 Å². The van der Waals surface area contributed by atoms with E-state index < -0.39 is 0 Å². The van der Waals surface area contributed by atoms with Crippen LogP contribution >= 0.6 is 0 Å². The summed E-state index contributed by atoms with van der Waals surface area (Å²) in [6, 6.07) is 22.6.